The van der Waals surface area contributed by atoms with Gasteiger partial charge < -0.3 is 14.5 Å². The minimum atomic E-state index is -0.243. The van der Waals surface area contributed by atoms with Gasteiger partial charge in [-0.25, -0.2) is 4.98 Å². The van der Waals surface area contributed by atoms with Crippen LogP contribution in [0.25, 0.3) is 22.0 Å². The Morgan fingerprint density at radius 2 is 1.85 bits per heavy atom. The Morgan fingerprint density at radius 1 is 1.06 bits per heavy atom. The maximum absolute atomic E-state index is 13.2. The Morgan fingerprint density at radius 3 is 2.64 bits per heavy atom. The molecule has 1 aliphatic rings. The van der Waals surface area contributed by atoms with Crippen molar-refractivity contribution in [2.45, 2.75) is 45.6 Å². The number of anilines is 1. The highest BCUT2D eigenvalue weighted by Gasteiger charge is 2.23. The second kappa shape index (κ2) is 8.31. The fraction of sp³-hybridized carbons (Fsp3) is 0.308. The van der Waals surface area contributed by atoms with E-state index in [9.17, 15) is 9.59 Å². The average Bonchev–Trinajstić information content (AvgIpc) is 3.50. The van der Waals surface area contributed by atoms with Crippen LogP contribution in [0.15, 0.2) is 53.7 Å². The lowest BCUT2D eigenvalue weighted by atomic mass is 9.99. The molecule has 0 unspecified atom stereocenters. The first-order valence-corrected chi connectivity index (χ1v) is 11.3. The topological polar surface area (TPSA) is 81.8 Å². The molecule has 1 saturated carbocycles. The molecule has 5 rings (SSSR count). The molecule has 0 spiro atoms. The van der Waals surface area contributed by atoms with E-state index in [2.05, 4.69) is 15.3 Å². The molecule has 168 valence electrons. The van der Waals surface area contributed by atoms with Crippen LogP contribution in [0.3, 0.4) is 0 Å². The number of pyridine rings is 2. The third kappa shape index (κ3) is 3.84. The maximum atomic E-state index is 13.2. The zero-order chi connectivity index (χ0) is 23.1. The van der Waals surface area contributed by atoms with Gasteiger partial charge in [0, 0.05) is 54.0 Å². The predicted molar refractivity (Wildman–Crippen MR) is 130 cm³/mol. The van der Waals surface area contributed by atoms with E-state index in [1.807, 2.05) is 54.9 Å². The lowest BCUT2D eigenvalue weighted by Crippen LogP contribution is -2.21. The van der Waals surface area contributed by atoms with Crippen molar-refractivity contribution >= 4 is 22.5 Å². The van der Waals surface area contributed by atoms with Crippen LogP contribution in [-0.2, 0) is 7.05 Å². The standard InChI is InChI=1S/C26H27N5O2/c1-16-8-9-19(29-25(32)24-27-10-11-31(24)20-6-4-5-7-20)14-21(16)22-13-18-15-28-17(2)12-23(18)30(3)26(22)33/h8-15,20H,4-7H2,1-3H3,(H,29,32). The van der Waals surface area contributed by atoms with Gasteiger partial charge in [-0.1, -0.05) is 18.9 Å². The van der Waals surface area contributed by atoms with E-state index in [-0.39, 0.29) is 11.5 Å². The first kappa shape index (κ1) is 21.1. The van der Waals surface area contributed by atoms with E-state index in [4.69, 9.17) is 0 Å². The molecule has 1 N–H and O–H groups in total. The van der Waals surface area contributed by atoms with Crippen molar-refractivity contribution in [3.8, 4) is 11.1 Å². The summed E-state index contributed by atoms with van der Waals surface area (Å²) in [5, 5.41) is 3.87. The molecule has 0 aliphatic heterocycles. The van der Waals surface area contributed by atoms with Crippen LogP contribution < -0.4 is 10.9 Å². The second-order valence-electron chi connectivity index (χ2n) is 8.89. The van der Waals surface area contributed by atoms with Gasteiger partial charge in [0.1, 0.15) is 0 Å². The predicted octanol–water partition coefficient (Wildman–Crippen LogP) is 4.78. The highest BCUT2D eigenvalue weighted by Crippen LogP contribution is 2.31. The van der Waals surface area contributed by atoms with Gasteiger partial charge in [-0.05, 0) is 62.1 Å². The molecule has 33 heavy (non-hydrogen) atoms. The molecule has 3 heterocycles. The Kier molecular flexibility index (Phi) is 5.32. The minimum absolute atomic E-state index is 0.0866. The fourth-order valence-electron chi connectivity index (χ4n) is 4.80. The molecule has 0 saturated heterocycles. The maximum Gasteiger partial charge on any atom is 0.291 e. The van der Waals surface area contributed by atoms with Crippen LogP contribution in [-0.4, -0.2) is 25.0 Å². The molecular formula is C26H27N5O2. The van der Waals surface area contributed by atoms with Crippen LogP contribution in [0.1, 0.15) is 53.6 Å². The summed E-state index contributed by atoms with van der Waals surface area (Å²) in [6.45, 7) is 3.87. The molecule has 7 heteroatoms. The molecule has 3 aromatic heterocycles. The van der Waals surface area contributed by atoms with Crippen LogP contribution in [0.5, 0.6) is 0 Å². The highest BCUT2D eigenvalue weighted by atomic mass is 16.2. The lowest BCUT2D eigenvalue weighted by Gasteiger charge is -2.15. The van der Waals surface area contributed by atoms with E-state index in [1.165, 1.54) is 12.8 Å². The summed E-state index contributed by atoms with van der Waals surface area (Å²) < 4.78 is 3.65. The van der Waals surface area contributed by atoms with Gasteiger partial charge in [0.05, 0.1) is 5.52 Å². The molecule has 0 atom stereocenters. The molecule has 0 bridgehead atoms. The van der Waals surface area contributed by atoms with Crippen molar-refractivity contribution in [2.75, 3.05) is 5.32 Å². The number of amides is 1. The smallest absolute Gasteiger partial charge is 0.291 e. The second-order valence-corrected chi connectivity index (χ2v) is 8.89. The molecule has 1 aliphatic carbocycles. The van der Waals surface area contributed by atoms with Crippen molar-refractivity contribution in [1.82, 2.24) is 19.1 Å². The summed E-state index contributed by atoms with van der Waals surface area (Å²) in [4.78, 5) is 34.9. The molecular weight excluding hydrogens is 414 g/mol. The van der Waals surface area contributed by atoms with Crippen molar-refractivity contribution in [1.29, 1.82) is 0 Å². The number of nitrogens with one attached hydrogen (secondary N) is 1. The summed E-state index contributed by atoms with van der Waals surface area (Å²) >= 11 is 0. The summed E-state index contributed by atoms with van der Waals surface area (Å²) in [6, 6.07) is 9.77. The zero-order valence-electron chi connectivity index (χ0n) is 19.1. The number of hydrogen-bond acceptors (Lipinski definition) is 4. The number of fused-ring (bicyclic) bond motifs is 1. The van der Waals surface area contributed by atoms with Gasteiger partial charge in [0.15, 0.2) is 5.82 Å². The van der Waals surface area contributed by atoms with Crippen LogP contribution >= 0.6 is 0 Å². The molecule has 0 radical (unpaired) electrons. The third-order valence-electron chi connectivity index (χ3n) is 6.62. The van der Waals surface area contributed by atoms with Gasteiger partial charge >= 0.3 is 0 Å². The number of benzene rings is 1. The summed E-state index contributed by atoms with van der Waals surface area (Å²) in [6.07, 6.45) is 9.87. The number of hydrogen-bond donors (Lipinski definition) is 1. The number of rotatable bonds is 4. The monoisotopic (exact) mass is 441 g/mol. The Labute approximate surface area is 192 Å². The quantitative estimate of drug-likeness (QED) is 0.494. The lowest BCUT2D eigenvalue weighted by molar-refractivity contribution is 0.101. The Hall–Kier alpha value is -3.74. The molecule has 1 fully saturated rings. The first-order valence-electron chi connectivity index (χ1n) is 11.3. The summed E-state index contributed by atoms with van der Waals surface area (Å²) in [5.41, 5.74) is 4.57. The van der Waals surface area contributed by atoms with E-state index < -0.39 is 0 Å². The number of imidazole rings is 1. The fourth-order valence-corrected chi connectivity index (χ4v) is 4.80. The number of carbonyl (C=O) groups excluding carboxylic acids is 1. The van der Waals surface area contributed by atoms with Gasteiger partial charge in [0.2, 0.25) is 0 Å². The van der Waals surface area contributed by atoms with Gasteiger partial charge in [-0.2, -0.15) is 0 Å². The van der Waals surface area contributed by atoms with Gasteiger partial charge in [0.25, 0.3) is 11.5 Å². The minimum Gasteiger partial charge on any atom is -0.324 e. The van der Waals surface area contributed by atoms with Crippen molar-refractivity contribution < 1.29 is 4.79 Å². The number of aromatic nitrogens is 4. The molecule has 4 aromatic rings. The normalized spacial score (nSPS) is 14.2. The zero-order valence-corrected chi connectivity index (χ0v) is 19.1. The summed E-state index contributed by atoms with van der Waals surface area (Å²) in [7, 11) is 1.78. The third-order valence-corrected chi connectivity index (χ3v) is 6.62. The van der Waals surface area contributed by atoms with Crippen LogP contribution in [0, 0.1) is 13.8 Å². The van der Waals surface area contributed by atoms with Gasteiger partial charge in [-0.3, -0.25) is 14.6 Å². The first-order chi connectivity index (χ1) is 15.9. The Balaban J connectivity index is 1.50. The van der Waals surface area contributed by atoms with Crippen LogP contribution in [0.2, 0.25) is 0 Å². The van der Waals surface area contributed by atoms with E-state index in [0.29, 0.717) is 23.1 Å². The van der Waals surface area contributed by atoms with Crippen LogP contribution in [0.4, 0.5) is 5.69 Å². The van der Waals surface area contributed by atoms with Crippen molar-refractivity contribution in [3.63, 3.8) is 0 Å². The number of carbonyl (C=O) groups is 1. The van der Waals surface area contributed by atoms with Crippen molar-refractivity contribution in [2.24, 2.45) is 7.05 Å². The van der Waals surface area contributed by atoms with E-state index in [1.54, 1.807) is 24.0 Å². The largest absolute Gasteiger partial charge is 0.324 e. The highest BCUT2D eigenvalue weighted by molar-refractivity contribution is 6.02. The average molecular weight is 442 g/mol. The molecule has 1 amide bonds. The molecule has 1 aromatic carbocycles. The SMILES string of the molecule is Cc1cc2c(cn1)cc(-c1cc(NC(=O)c3nccn3C3CCCC3)ccc1C)c(=O)n2C. The van der Waals surface area contributed by atoms with E-state index >= 15 is 0 Å². The number of nitrogens with zero attached hydrogens (tertiary/aromatic N) is 4. The van der Waals surface area contributed by atoms with Crippen molar-refractivity contribution in [3.05, 3.63) is 76.4 Å². The Bertz CT molecular complexity index is 1430. The molecule has 7 nitrogen and oxygen atoms in total. The number of aryl methyl sites for hydroxylation is 3. The van der Waals surface area contributed by atoms with Gasteiger partial charge in [-0.15, -0.1) is 0 Å². The summed E-state index contributed by atoms with van der Waals surface area (Å²) in [5.74, 6) is 0.180. The van der Waals surface area contributed by atoms with E-state index in [0.717, 1.165) is 40.6 Å².